The van der Waals surface area contributed by atoms with Gasteiger partial charge in [-0.2, -0.15) is 0 Å². The molecule has 0 saturated carbocycles. The molecule has 1 unspecified atom stereocenters. The fraction of sp³-hybridized carbons (Fsp3) is 0.538. The van der Waals surface area contributed by atoms with Crippen LogP contribution in [0.1, 0.15) is 24.5 Å². The summed E-state index contributed by atoms with van der Waals surface area (Å²) < 4.78 is 25.1. The van der Waals surface area contributed by atoms with Crippen LogP contribution < -0.4 is 5.32 Å². The first-order valence-corrected chi connectivity index (χ1v) is 5.98. The fourth-order valence-electron chi connectivity index (χ4n) is 2.24. The number of rotatable bonds is 3. The maximum absolute atomic E-state index is 12.6. The molecule has 1 N–H and O–H groups in total. The van der Waals surface area contributed by atoms with Gasteiger partial charge in [-0.1, -0.05) is 18.2 Å². The van der Waals surface area contributed by atoms with Gasteiger partial charge in [-0.3, -0.25) is 4.90 Å². The Morgan fingerprint density at radius 3 is 2.89 bits per heavy atom. The lowest BCUT2D eigenvalue weighted by atomic mass is 10.1. The monoisotopic (exact) mass is 276 g/mol. The van der Waals surface area contributed by atoms with Gasteiger partial charge in [0.1, 0.15) is 0 Å². The normalized spacial score (nSPS) is 20.8. The molecule has 0 bridgehead atoms. The van der Waals surface area contributed by atoms with Gasteiger partial charge in [0.2, 0.25) is 0 Å². The van der Waals surface area contributed by atoms with Crippen LogP contribution in [0.15, 0.2) is 24.3 Å². The number of alkyl halides is 2. The van der Waals surface area contributed by atoms with Gasteiger partial charge >= 0.3 is 0 Å². The second-order valence-electron chi connectivity index (χ2n) is 4.64. The van der Waals surface area contributed by atoms with E-state index in [-0.39, 0.29) is 18.0 Å². The summed E-state index contributed by atoms with van der Waals surface area (Å²) in [7, 11) is 0. The highest BCUT2D eigenvalue weighted by atomic mass is 35.5. The SMILES string of the molecule is CC1CN(Cc2cccc(C(F)F)c2)CCN1.Cl. The molecule has 1 aliphatic rings. The van der Waals surface area contributed by atoms with Gasteiger partial charge in [-0.25, -0.2) is 8.78 Å². The third kappa shape index (κ3) is 4.19. The summed E-state index contributed by atoms with van der Waals surface area (Å²) in [6.07, 6.45) is -2.38. The summed E-state index contributed by atoms with van der Waals surface area (Å²) in [4.78, 5) is 2.30. The third-order valence-corrected chi connectivity index (χ3v) is 3.06. The average molecular weight is 277 g/mol. The van der Waals surface area contributed by atoms with E-state index in [1.54, 1.807) is 12.1 Å². The van der Waals surface area contributed by atoms with Crippen molar-refractivity contribution in [2.75, 3.05) is 19.6 Å². The van der Waals surface area contributed by atoms with Crippen LogP contribution in [0.2, 0.25) is 0 Å². The largest absolute Gasteiger partial charge is 0.312 e. The summed E-state index contributed by atoms with van der Waals surface area (Å²) in [5, 5.41) is 3.37. The first-order valence-electron chi connectivity index (χ1n) is 5.98. The van der Waals surface area contributed by atoms with Crippen LogP contribution in [0, 0.1) is 0 Å². The molecule has 2 rings (SSSR count). The van der Waals surface area contributed by atoms with Gasteiger partial charge in [0.05, 0.1) is 0 Å². The van der Waals surface area contributed by atoms with E-state index in [1.807, 2.05) is 6.07 Å². The van der Waals surface area contributed by atoms with Gasteiger partial charge in [-0.15, -0.1) is 12.4 Å². The minimum atomic E-state index is -2.38. The van der Waals surface area contributed by atoms with Gasteiger partial charge in [0.25, 0.3) is 6.43 Å². The summed E-state index contributed by atoms with van der Waals surface area (Å²) in [5.74, 6) is 0. The van der Waals surface area contributed by atoms with E-state index in [9.17, 15) is 8.78 Å². The Bertz CT molecular complexity index is 374. The molecule has 5 heteroatoms. The van der Waals surface area contributed by atoms with Crippen molar-refractivity contribution in [3.63, 3.8) is 0 Å². The van der Waals surface area contributed by atoms with E-state index in [2.05, 4.69) is 17.1 Å². The van der Waals surface area contributed by atoms with Crippen molar-refractivity contribution >= 4 is 12.4 Å². The van der Waals surface area contributed by atoms with Crippen molar-refractivity contribution in [1.29, 1.82) is 0 Å². The molecule has 1 aromatic carbocycles. The Labute approximate surface area is 113 Å². The summed E-state index contributed by atoms with van der Waals surface area (Å²) in [5.41, 5.74) is 1.09. The molecular weight excluding hydrogens is 258 g/mol. The van der Waals surface area contributed by atoms with Gasteiger partial charge in [0, 0.05) is 37.8 Å². The van der Waals surface area contributed by atoms with Gasteiger partial charge in [0.15, 0.2) is 0 Å². The molecule has 1 atom stereocenters. The molecular formula is C13H19ClF2N2. The van der Waals surface area contributed by atoms with Crippen LogP contribution in [0.5, 0.6) is 0 Å². The van der Waals surface area contributed by atoms with Crippen LogP contribution in [-0.4, -0.2) is 30.6 Å². The minimum Gasteiger partial charge on any atom is -0.312 e. The molecule has 1 aromatic rings. The molecule has 0 aromatic heterocycles. The van der Waals surface area contributed by atoms with Crippen molar-refractivity contribution in [3.05, 3.63) is 35.4 Å². The van der Waals surface area contributed by atoms with Crippen LogP contribution in [-0.2, 0) is 6.54 Å². The van der Waals surface area contributed by atoms with Gasteiger partial charge < -0.3 is 5.32 Å². The number of hydrogen-bond acceptors (Lipinski definition) is 2. The van der Waals surface area contributed by atoms with Crippen molar-refractivity contribution in [3.8, 4) is 0 Å². The molecule has 0 amide bonds. The number of piperazine rings is 1. The van der Waals surface area contributed by atoms with E-state index >= 15 is 0 Å². The first kappa shape index (κ1) is 15.3. The molecule has 18 heavy (non-hydrogen) atoms. The number of nitrogens with one attached hydrogen (secondary N) is 1. The van der Waals surface area contributed by atoms with Gasteiger partial charge in [-0.05, 0) is 18.6 Å². The lowest BCUT2D eigenvalue weighted by Crippen LogP contribution is -2.48. The molecule has 0 spiro atoms. The second kappa shape index (κ2) is 7.02. The van der Waals surface area contributed by atoms with Crippen molar-refractivity contribution < 1.29 is 8.78 Å². The highest BCUT2D eigenvalue weighted by Gasteiger charge is 2.16. The average Bonchev–Trinajstić information content (AvgIpc) is 2.29. The van der Waals surface area contributed by atoms with Crippen LogP contribution in [0.4, 0.5) is 8.78 Å². The van der Waals surface area contributed by atoms with Crippen LogP contribution in [0.3, 0.4) is 0 Å². The Balaban J connectivity index is 0.00000162. The lowest BCUT2D eigenvalue weighted by Gasteiger charge is -2.31. The number of benzene rings is 1. The zero-order valence-corrected chi connectivity index (χ0v) is 11.2. The van der Waals surface area contributed by atoms with E-state index in [4.69, 9.17) is 0 Å². The third-order valence-electron chi connectivity index (χ3n) is 3.06. The highest BCUT2D eigenvalue weighted by molar-refractivity contribution is 5.85. The zero-order chi connectivity index (χ0) is 12.3. The minimum absolute atomic E-state index is 0. The summed E-state index contributed by atoms with van der Waals surface area (Å²) >= 11 is 0. The van der Waals surface area contributed by atoms with E-state index < -0.39 is 6.43 Å². The molecule has 1 heterocycles. The lowest BCUT2D eigenvalue weighted by molar-refractivity contribution is 0.151. The maximum Gasteiger partial charge on any atom is 0.263 e. The van der Waals surface area contributed by atoms with Crippen LogP contribution >= 0.6 is 12.4 Å². The quantitative estimate of drug-likeness (QED) is 0.913. The molecule has 1 saturated heterocycles. The standard InChI is InChI=1S/C13H18F2N2.ClH/c1-10-8-17(6-5-16-10)9-11-3-2-4-12(7-11)13(14)15;/h2-4,7,10,13,16H,5-6,8-9H2,1H3;1H. The fourth-order valence-corrected chi connectivity index (χ4v) is 2.24. The number of halogens is 3. The maximum atomic E-state index is 12.6. The predicted molar refractivity (Wildman–Crippen MR) is 71.4 cm³/mol. The van der Waals surface area contributed by atoms with Crippen molar-refractivity contribution in [1.82, 2.24) is 10.2 Å². The summed E-state index contributed by atoms with van der Waals surface area (Å²) in [6, 6.07) is 7.19. The number of hydrogen-bond donors (Lipinski definition) is 1. The smallest absolute Gasteiger partial charge is 0.263 e. The Kier molecular flexibility index (Phi) is 5.99. The zero-order valence-electron chi connectivity index (χ0n) is 10.4. The molecule has 1 fully saturated rings. The predicted octanol–water partition coefficient (Wildman–Crippen LogP) is 2.84. The topological polar surface area (TPSA) is 15.3 Å². The second-order valence-corrected chi connectivity index (χ2v) is 4.64. The molecule has 102 valence electrons. The Hall–Kier alpha value is -0.710. The number of nitrogens with zero attached hydrogens (tertiary/aromatic N) is 1. The molecule has 0 radical (unpaired) electrons. The molecule has 1 aliphatic heterocycles. The molecule has 2 nitrogen and oxygen atoms in total. The first-order chi connectivity index (χ1) is 8.15. The molecule has 0 aliphatic carbocycles. The van der Waals surface area contributed by atoms with Crippen molar-refractivity contribution in [2.24, 2.45) is 0 Å². The van der Waals surface area contributed by atoms with E-state index in [0.717, 1.165) is 31.7 Å². The van der Waals surface area contributed by atoms with E-state index in [1.165, 1.54) is 6.07 Å². The summed E-state index contributed by atoms with van der Waals surface area (Å²) in [6.45, 7) is 5.81. The van der Waals surface area contributed by atoms with E-state index in [0.29, 0.717) is 6.04 Å². The van der Waals surface area contributed by atoms with Crippen molar-refractivity contribution in [2.45, 2.75) is 25.9 Å². The van der Waals surface area contributed by atoms with Crippen LogP contribution in [0.25, 0.3) is 0 Å². The Morgan fingerprint density at radius 2 is 2.22 bits per heavy atom. The Morgan fingerprint density at radius 1 is 1.44 bits per heavy atom. The highest BCUT2D eigenvalue weighted by Crippen LogP contribution is 2.20.